The molecule has 0 N–H and O–H groups in total. The van der Waals surface area contributed by atoms with E-state index in [0.29, 0.717) is 0 Å². The Kier molecular flexibility index (Phi) is 7.06. The summed E-state index contributed by atoms with van der Waals surface area (Å²) in [4.78, 5) is 0. The normalized spacial score (nSPS) is 11.1. The van der Waals surface area contributed by atoms with Gasteiger partial charge in [-0.3, -0.25) is 0 Å². The molecule has 39 heavy (non-hydrogen) atoms. The smallest absolute Gasteiger partial charge is 0.179 e. The molecular formula is C36H28O2Si. The monoisotopic (exact) mass is 520 g/mol. The highest BCUT2D eigenvalue weighted by Gasteiger charge is 2.41. The zero-order chi connectivity index (χ0) is 26.3. The predicted octanol–water partition coefficient (Wildman–Crippen LogP) is 6.65. The summed E-state index contributed by atoms with van der Waals surface area (Å²) in [6.07, 6.45) is 0. The van der Waals surface area contributed by atoms with Crippen LogP contribution in [0.15, 0.2) is 170 Å². The number of benzene rings is 6. The van der Waals surface area contributed by atoms with Crippen LogP contribution in [0.2, 0.25) is 0 Å². The molecule has 3 heteroatoms. The van der Waals surface area contributed by atoms with Crippen molar-refractivity contribution in [3.05, 3.63) is 170 Å². The fourth-order valence-corrected chi connectivity index (χ4v) is 10.0. The zero-order valence-corrected chi connectivity index (χ0v) is 22.5. The molecule has 0 aliphatic heterocycles. The molecule has 6 aromatic rings. The van der Waals surface area contributed by atoms with Gasteiger partial charge in [0, 0.05) is 0 Å². The summed E-state index contributed by atoms with van der Waals surface area (Å²) < 4.78 is 12.6. The molecule has 6 rings (SSSR count). The number of rotatable bonds is 8. The van der Waals surface area contributed by atoms with E-state index in [2.05, 4.69) is 97.1 Å². The summed E-state index contributed by atoms with van der Waals surface area (Å²) >= 11 is 0. The second-order valence-electron chi connectivity index (χ2n) is 9.37. The zero-order valence-electron chi connectivity index (χ0n) is 21.5. The van der Waals surface area contributed by atoms with E-state index in [1.807, 2.05) is 72.8 Å². The Labute approximate surface area is 230 Å². The van der Waals surface area contributed by atoms with Crippen molar-refractivity contribution in [3.63, 3.8) is 0 Å². The molecular weight excluding hydrogens is 492 g/mol. The van der Waals surface area contributed by atoms with Gasteiger partial charge in [0.05, 0.1) is 0 Å². The lowest BCUT2D eigenvalue weighted by atomic mass is 10.3. The highest BCUT2D eigenvalue weighted by molar-refractivity contribution is 7.19. The lowest BCUT2D eigenvalue weighted by Crippen LogP contribution is -2.74. The predicted molar refractivity (Wildman–Crippen MR) is 163 cm³/mol. The van der Waals surface area contributed by atoms with E-state index in [4.69, 9.17) is 9.47 Å². The van der Waals surface area contributed by atoms with Gasteiger partial charge >= 0.3 is 0 Å². The van der Waals surface area contributed by atoms with E-state index in [9.17, 15) is 0 Å². The summed E-state index contributed by atoms with van der Waals surface area (Å²) in [7, 11) is -2.76. The molecule has 0 saturated heterocycles. The van der Waals surface area contributed by atoms with Crippen molar-refractivity contribution >= 4 is 28.8 Å². The van der Waals surface area contributed by atoms with Crippen LogP contribution < -0.4 is 30.2 Å². The molecule has 0 saturated carbocycles. The van der Waals surface area contributed by atoms with Crippen molar-refractivity contribution in [2.45, 2.75) is 0 Å². The summed E-state index contributed by atoms with van der Waals surface area (Å²) in [5.74, 6) is 3.28. The minimum absolute atomic E-state index is 0.819. The molecule has 0 fully saturated rings. The maximum absolute atomic E-state index is 6.32. The Hall–Kier alpha value is -4.86. The largest absolute Gasteiger partial charge is 0.457 e. The number of hydrogen-bond donors (Lipinski definition) is 0. The molecule has 0 heterocycles. The molecule has 0 amide bonds. The summed E-state index contributed by atoms with van der Waals surface area (Å²) in [5, 5.41) is 5.07. The van der Waals surface area contributed by atoms with E-state index in [1.54, 1.807) is 0 Å². The Bertz CT molecular complexity index is 1510. The van der Waals surface area contributed by atoms with E-state index < -0.39 is 8.07 Å². The van der Waals surface area contributed by atoms with Crippen molar-refractivity contribution in [1.82, 2.24) is 0 Å². The average Bonchev–Trinajstić information content (AvgIpc) is 3.00. The van der Waals surface area contributed by atoms with Crippen LogP contribution in [-0.2, 0) is 0 Å². The van der Waals surface area contributed by atoms with Crippen molar-refractivity contribution in [3.8, 4) is 23.0 Å². The van der Waals surface area contributed by atoms with E-state index in [1.165, 1.54) is 20.7 Å². The van der Waals surface area contributed by atoms with Gasteiger partial charge in [-0.2, -0.15) is 0 Å². The molecule has 0 spiro atoms. The first-order valence-electron chi connectivity index (χ1n) is 13.1. The topological polar surface area (TPSA) is 18.5 Å². The van der Waals surface area contributed by atoms with Gasteiger partial charge in [0.15, 0.2) is 8.07 Å². The third-order valence-corrected chi connectivity index (χ3v) is 11.7. The van der Waals surface area contributed by atoms with Crippen LogP contribution >= 0.6 is 0 Å². The van der Waals surface area contributed by atoms with Crippen LogP contribution in [0, 0.1) is 0 Å². The lowest BCUT2D eigenvalue weighted by molar-refractivity contribution is 0.483. The highest BCUT2D eigenvalue weighted by atomic mass is 28.3. The molecule has 0 aliphatic carbocycles. The molecule has 0 radical (unpaired) electrons. The second kappa shape index (κ2) is 11.3. The van der Waals surface area contributed by atoms with Crippen molar-refractivity contribution < 1.29 is 9.47 Å². The van der Waals surface area contributed by atoms with Crippen molar-refractivity contribution in [1.29, 1.82) is 0 Å². The van der Waals surface area contributed by atoms with Crippen molar-refractivity contribution in [2.75, 3.05) is 0 Å². The second-order valence-corrected chi connectivity index (χ2v) is 13.2. The molecule has 0 aliphatic rings. The molecule has 0 unspecified atom stereocenters. The highest BCUT2D eigenvalue weighted by Crippen LogP contribution is 2.23. The minimum Gasteiger partial charge on any atom is -0.457 e. The average molecular weight is 521 g/mol. The Morgan fingerprint density at radius 1 is 0.282 bits per heavy atom. The third-order valence-electron chi connectivity index (χ3n) is 6.91. The molecule has 0 aromatic heterocycles. The van der Waals surface area contributed by atoms with Gasteiger partial charge in [-0.15, -0.1) is 0 Å². The minimum atomic E-state index is -2.76. The van der Waals surface area contributed by atoms with E-state index >= 15 is 0 Å². The van der Waals surface area contributed by atoms with E-state index in [0.717, 1.165) is 23.0 Å². The quantitative estimate of drug-likeness (QED) is 0.165. The Morgan fingerprint density at radius 2 is 0.590 bits per heavy atom. The molecule has 188 valence electrons. The molecule has 2 nitrogen and oxygen atoms in total. The number of hydrogen-bond acceptors (Lipinski definition) is 2. The lowest BCUT2D eigenvalue weighted by Gasteiger charge is -2.34. The van der Waals surface area contributed by atoms with Crippen LogP contribution in [0.25, 0.3) is 0 Å². The van der Waals surface area contributed by atoms with Crippen LogP contribution in [-0.4, -0.2) is 8.07 Å². The molecule has 6 aromatic carbocycles. The SMILES string of the molecule is c1ccc(Oc2cccc([Si](c3ccccc3)(c3ccccc3)c3cccc(Oc4ccccc4)c3)c2)cc1. The van der Waals surface area contributed by atoms with Gasteiger partial charge in [-0.05, 0) is 69.3 Å². The first kappa shape index (κ1) is 24.5. The first-order chi connectivity index (χ1) is 19.3. The molecule has 0 atom stereocenters. The molecule has 0 bridgehead atoms. The Morgan fingerprint density at radius 3 is 0.974 bits per heavy atom. The first-order valence-corrected chi connectivity index (χ1v) is 15.1. The van der Waals surface area contributed by atoms with Gasteiger partial charge in [0.1, 0.15) is 23.0 Å². The van der Waals surface area contributed by atoms with Crippen LogP contribution in [0.4, 0.5) is 0 Å². The number of ether oxygens (including phenoxy) is 2. The summed E-state index contributed by atoms with van der Waals surface area (Å²) in [5.41, 5.74) is 0. The maximum Gasteiger partial charge on any atom is 0.179 e. The van der Waals surface area contributed by atoms with Gasteiger partial charge in [0.2, 0.25) is 0 Å². The van der Waals surface area contributed by atoms with Crippen LogP contribution in [0.5, 0.6) is 23.0 Å². The summed E-state index contributed by atoms with van der Waals surface area (Å²) in [6.45, 7) is 0. The Balaban J connectivity index is 1.57. The van der Waals surface area contributed by atoms with Crippen LogP contribution in [0.3, 0.4) is 0 Å². The summed E-state index contributed by atoms with van der Waals surface area (Å²) in [6, 6.07) is 58.8. The maximum atomic E-state index is 6.32. The standard InChI is InChI=1S/C36H28O2Si/c1-5-15-29(16-6-1)37-31-19-13-25-35(27-31)39(33-21-9-3-10-22-33,34-23-11-4-12-24-34)36-26-14-20-32(28-36)38-30-17-7-2-8-18-30/h1-28H. The van der Waals surface area contributed by atoms with Gasteiger partial charge in [-0.1, -0.05) is 121 Å². The number of para-hydroxylation sites is 2. The fraction of sp³-hybridized carbons (Fsp3) is 0. The van der Waals surface area contributed by atoms with Crippen molar-refractivity contribution in [2.24, 2.45) is 0 Å². The van der Waals surface area contributed by atoms with Gasteiger partial charge < -0.3 is 9.47 Å². The van der Waals surface area contributed by atoms with Crippen LogP contribution in [0.1, 0.15) is 0 Å². The fourth-order valence-electron chi connectivity index (χ4n) is 5.21. The van der Waals surface area contributed by atoms with Gasteiger partial charge in [0.25, 0.3) is 0 Å². The third kappa shape index (κ3) is 5.13. The van der Waals surface area contributed by atoms with Gasteiger partial charge in [-0.25, -0.2) is 0 Å². The van der Waals surface area contributed by atoms with E-state index in [-0.39, 0.29) is 0 Å².